The van der Waals surface area contributed by atoms with Gasteiger partial charge in [-0.15, -0.1) is 0 Å². The zero-order chi connectivity index (χ0) is 12.1. The van der Waals surface area contributed by atoms with Crippen LogP contribution < -0.4 is 7.16 Å². The van der Waals surface area contributed by atoms with Crippen molar-refractivity contribution < 1.29 is 0 Å². The molecule has 0 fully saturated rings. The molecule has 0 unspecified atom stereocenters. The number of hydrogen-bond donors (Lipinski definition) is 0. The van der Waals surface area contributed by atoms with Crippen molar-refractivity contribution in [3.8, 4) is 0 Å². The molecule has 0 radical (unpaired) electrons. The first-order valence-corrected chi connectivity index (χ1v) is 16.1. The van der Waals surface area contributed by atoms with E-state index in [0.717, 1.165) is 0 Å². The summed E-state index contributed by atoms with van der Waals surface area (Å²) < 4.78 is 6.97. The Morgan fingerprint density at radius 3 is 1.65 bits per heavy atom. The molecule has 0 amide bonds. The zero-order valence-electron chi connectivity index (χ0n) is 9.01. The van der Waals surface area contributed by atoms with Crippen LogP contribution in [0.15, 0.2) is 63.9 Å². The van der Waals surface area contributed by atoms with E-state index < -0.39 is 16.4 Å². The minimum atomic E-state index is -3.12. The van der Waals surface area contributed by atoms with E-state index >= 15 is 0 Å². The third kappa shape index (κ3) is 2.85. The molecule has 0 bridgehead atoms. The Kier molecular flexibility index (Phi) is 4.51. The van der Waals surface area contributed by atoms with Gasteiger partial charge >= 0.3 is 118 Å². The van der Waals surface area contributed by atoms with Crippen LogP contribution in [-0.4, -0.2) is 21.6 Å². The molecular weight excluding hydrogens is 401 g/mol. The second-order valence-corrected chi connectivity index (χ2v) is 18.9. The van der Waals surface area contributed by atoms with Gasteiger partial charge in [0.15, 0.2) is 0 Å². The van der Waals surface area contributed by atoms with Gasteiger partial charge in [-0.3, -0.25) is 0 Å². The van der Waals surface area contributed by atoms with Gasteiger partial charge in [0.25, 0.3) is 0 Å². The normalized spacial score (nSPS) is 10.6. The zero-order valence-corrected chi connectivity index (χ0v) is 14.3. The minimum absolute atomic E-state index is 1.24. The second-order valence-electron chi connectivity index (χ2n) is 3.56. The molecule has 17 heavy (non-hydrogen) atoms. The SMILES string of the molecule is S=C=[N][Sn]([Br])([c]1ccccc1)[c]1ccccc1. The van der Waals surface area contributed by atoms with Crippen molar-refractivity contribution in [2.24, 2.45) is 3.21 Å². The fraction of sp³-hybridized carbons (Fsp3) is 0. The number of nitrogens with zero attached hydrogens (tertiary/aromatic N) is 1. The molecule has 2 aromatic carbocycles. The summed E-state index contributed by atoms with van der Waals surface area (Å²) in [5, 5.41) is 2.56. The number of isothiocyanates is 1. The summed E-state index contributed by atoms with van der Waals surface area (Å²) >= 11 is 5.56. The van der Waals surface area contributed by atoms with Crippen LogP contribution in [0.2, 0.25) is 0 Å². The Hall–Kier alpha value is -0.481. The first-order chi connectivity index (χ1) is 8.27. The molecule has 2 aromatic rings. The van der Waals surface area contributed by atoms with Gasteiger partial charge in [-0.2, -0.15) is 0 Å². The summed E-state index contributed by atoms with van der Waals surface area (Å²) in [6, 6.07) is 20.6. The van der Waals surface area contributed by atoms with E-state index in [9.17, 15) is 0 Å². The van der Waals surface area contributed by atoms with Gasteiger partial charge in [0.2, 0.25) is 0 Å². The fourth-order valence-corrected chi connectivity index (χ4v) is 13.2. The Morgan fingerprint density at radius 2 is 1.29 bits per heavy atom. The molecule has 0 saturated carbocycles. The van der Waals surface area contributed by atoms with Crippen LogP contribution >= 0.6 is 24.9 Å². The summed E-state index contributed by atoms with van der Waals surface area (Å²) in [7, 11) is 0. The van der Waals surface area contributed by atoms with E-state index in [2.05, 4.69) is 45.3 Å². The molecule has 0 aliphatic heterocycles. The van der Waals surface area contributed by atoms with Crippen LogP contribution in [0.3, 0.4) is 0 Å². The van der Waals surface area contributed by atoms with Gasteiger partial charge < -0.3 is 0 Å². The predicted molar refractivity (Wildman–Crippen MR) is 81.9 cm³/mol. The molecule has 0 spiro atoms. The van der Waals surface area contributed by atoms with Gasteiger partial charge in [0, 0.05) is 0 Å². The quantitative estimate of drug-likeness (QED) is 0.430. The third-order valence-corrected chi connectivity index (χ3v) is 17.9. The molecule has 0 atom stereocenters. The molecule has 0 heterocycles. The van der Waals surface area contributed by atoms with E-state index in [4.69, 9.17) is 12.2 Å². The molecule has 0 N–H and O–H groups in total. The molecule has 4 heteroatoms. The van der Waals surface area contributed by atoms with Crippen LogP contribution in [0.1, 0.15) is 0 Å². The van der Waals surface area contributed by atoms with Crippen molar-refractivity contribution in [3.63, 3.8) is 0 Å². The van der Waals surface area contributed by atoms with Crippen molar-refractivity contribution >= 4 is 53.7 Å². The van der Waals surface area contributed by atoms with Crippen molar-refractivity contribution in [2.75, 3.05) is 0 Å². The van der Waals surface area contributed by atoms with E-state index in [1.54, 1.807) is 0 Å². The van der Waals surface area contributed by atoms with Crippen LogP contribution in [0.5, 0.6) is 0 Å². The van der Waals surface area contributed by atoms with Crippen molar-refractivity contribution in [3.05, 3.63) is 60.7 Å². The molecule has 1 nitrogen and oxygen atoms in total. The first-order valence-electron chi connectivity index (χ1n) is 5.16. The Morgan fingerprint density at radius 1 is 0.882 bits per heavy atom. The molecule has 0 saturated heterocycles. The van der Waals surface area contributed by atoms with Crippen molar-refractivity contribution in [1.82, 2.24) is 0 Å². The van der Waals surface area contributed by atoms with E-state index in [-0.39, 0.29) is 0 Å². The molecule has 2 rings (SSSR count). The molecule has 84 valence electrons. The van der Waals surface area contributed by atoms with Gasteiger partial charge in [-0.25, -0.2) is 0 Å². The molecule has 0 aliphatic rings. The molecule has 0 aliphatic carbocycles. The summed E-state index contributed by atoms with van der Waals surface area (Å²) in [6.45, 7) is 0. The Balaban J connectivity index is 2.59. The predicted octanol–water partition coefficient (Wildman–Crippen LogP) is 2.74. The third-order valence-electron chi connectivity index (χ3n) is 2.51. The van der Waals surface area contributed by atoms with Gasteiger partial charge in [0.1, 0.15) is 0 Å². The maximum atomic E-state index is 4.81. The van der Waals surface area contributed by atoms with Crippen molar-refractivity contribution in [1.29, 1.82) is 0 Å². The maximum absolute atomic E-state index is 4.81. The summed E-state index contributed by atoms with van der Waals surface area (Å²) in [5.41, 5.74) is 0. The number of benzene rings is 2. The number of rotatable bonds is 3. The van der Waals surface area contributed by atoms with E-state index in [1.807, 2.05) is 36.4 Å². The van der Waals surface area contributed by atoms with Crippen molar-refractivity contribution in [2.45, 2.75) is 0 Å². The number of halogens is 1. The van der Waals surface area contributed by atoms with Gasteiger partial charge in [-0.05, 0) is 0 Å². The summed E-state index contributed by atoms with van der Waals surface area (Å²) in [4.78, 5) is 0. The van der Waals surface area contributed by atoms with Crippen LogP contribution in [0.25, 0.3) is 0 Å². The summed E-state index contributed by atoms with van der Waals surface area (Å²) in [5.74, 6) is 0. The topological polar surface area (TPSA) is 12.4 Å². The molecule has 0 aromatic heterocycles. The van der Waals surface area contributed by atoms with Crippen LogP contribution in [0.4, 0.5) is 0 Å². The van der Waals surface area contributed by atoms with E-state index in [0.29, 0.717) is 0 Å². The average molecular weight is 411 g/mol. The first kappa shape index (κ1) is 13.0. The average Bonchev–Trinajstić information content (AvgIpc) is 2.41. The number of thiocarbonyl (C=S) groups is 1. The summed E-state index contributed by atoms with van der Waals surface area (Å²) in [6.07, 6.45) is 0. The standard InChI is InChI=1S/2C6H5.CNS.BrH.Sn/c2*1-2-4-6-5-3-1;2-1-3;;/h2*1-5H;;1H;/q;;-1;;+2/p-1. The van der Waals surface area contributed by atoms with Crippen LogP contribution in [0, 0.1) is 0 Å². The van der Waals surface area contributed by atoms with Gasteiger partial charge in [0.05, 0.1) is 0 Å². The Bertz CT molecular complexity index is 498. The number of hydrogen-bond acceptors (Lipinski definition) is 2. The monoisotopic (exact) mass is 411 g/mol. The van der Waals surface area contributed by atoms with Crippen LogP contribution in [-0.2, 0) is 0 Å². The molecular formula is C13H10BrNSSn. The second kappa shape index (κ2) is 5.91. The van der Waals surface area contributed by atoms with Gasteiger partial charge in [-0.1, -0.05) is 0 Å². The fourth-order valence-electron chi connectivity index (χ4n) is 1.68. The van der Waals surface area contributed by atoms with E-state index in [1.165, 1.54) is 7.16 Å². The Labute approximate surface area is 117 Å².